The largest absolute Gasteiger partial charge is 0.468 e. The number of nitrogens with zero attached hydrogens (tertiary/aromatic N) is 1. The van der Waals surface area contributed by atoms with E-state index in [1.807, 2.05) is 0 Å². The Kier molecular flexibility index (Phi) is 7.49. The van der Waals surface area contributed by atoms with Gasteiger partial charge in [-0.15, -0.1) is 0 Å². The maximum Gasteiger partial charge on any atom is 0.338 e. The summed E-state index contributed by atoms with van der Waals surface area (Å²) in [6.45, 7) is 2.91. The molecule has 0 saturated carbocycles. The quantitative estimate of drug-likeness (QED) is 0.196. The molecule has 1 heterocycles. The van der Waals surface area contributed by atoms with E-state index in [1.165, 1.54) is 36.4 Å². The maximum atomic E-state index is 13.7. The molecular formula is C24H25FN2O8. The Morgan fingerprint density at radius 3 is 2.11 bits per heavy atom. The third-order valence-electron chi connectivity index (χ3n) is 6.01. The number of nitrogens with one attached hydrogen (secondary N) is 1. The van der Waals surface area contributed by atoms with E-state index in [1.54, 1.807) is 13.8 Å². The van der Waals surface area contributed by atoms with Gasteiger partial charge in [-0.05, 0) is 31.5 Å². The van der Waals surface area contributed by atoms with Gasteiger partial charge in [0.15, 0.2) is 0 Å². The number of benzene rings is 2. The molecule has 0 aromatic heterocycles. The van der Waals surface area contributed by atoms with E-state index in [-0.39, 0.29) is 24.3 Å². The number of hydrogen-bond donors (Lipinski definition) is 1. The van der Waals surface area contributed by atoms with Crippen LogP contribution in [0.15, 0.2) is 48.5 Å². The lowest BCUT2D eigenvalue weighted by Crippen LogP contribution is -2.56. The van der Waals surface area contributed by atoms with Crippen molar-refractivity contribution in [2.75, 3.05) is 20.3 Å². The molecule has 35 heavy (non-hydrogen) atoms. The molecule has 2 aromatic carbocycles. The molecule has 2 aromatic rings. The Hall–Kier alpha value is -3.86. The van der Waals surface area contributed by atoms with Crippen molar-refractivity contribution in [2.24, 2.45) is 0 Å². The minimum absolute atomic E-state index is 0.0837. The molecule has 10 nitrogen and oxygen atoms in total. The third kappa shape index (κ3) is 4.34. The van der Waals surface area contributed by atoms with Gasteiger partial charge in [0, 0.05) is 18.1 Å². The van der Waals surface area contributed by atoms with Crippen LogP contribution < -0.4 is 5.32 Å². The summed E-state index contributed by atoms with van der Waals surface area (Å²) < 4.78 is 29.2. The number of ether oxygens (including phenoxy) is 3. The number of carbonyl (C=O) groups excluding carboxylic acids is 3. The molecule has 0 unspecified atom stereocenters. The maximum absolute atomic E-state index is 13.7. The zero-order chi connectivity index (χ0) is 25.8. The fourth-order valence-electron chi connectivity index (χ4n) is 4.56. The highest BCUT2D eigenvalue weighted by Crippen LogP contribution is 2.53. The second-order valence-electron chi connectivity index (χ2n) is 7.89. The van der Waals surface area contributed by atoms with Gasteiger partial charge in [0.2, 0.25) is 5.54 Å². The molecule has 0 aliphatic carbocycles. The molecule has 3 rings (SSSR count). The van der Waals surface area contributed by atoms with E-state index >= 15 is 0 Å². The summed E-state index contributed by atoms with van der Waals surface area (Å²) in [7, 11) is 1.09. The van der Waals surface area contributed by atoms with Gasteiger partial charge >= 0.3 is 17.9 Å². The fourth-order valence-corrected chi connectivity index (χ4v) is 4.56. The first kappa shape index (κ1) is 25.8. The van der Waals surface area contributed by atoms with Crippen LogP contribution in [0.3, 0.4) is 0 Å². The van der Waals surface area contributed by atoms with Crippen molar-refractivity contribution in [3.63, 3.8) is 0 Å². The summed E-state index contributed by atoms with van der Waals surface area (Å²) in [5.74, 6) is -3.54. The molecule has 2 atom stereocenters. The fraction of sp³-hybridized carbons (Fsp3) is 0.375. The second kappa shape index (κ2) is 10.2. The zero-order valence-corrected chi connectivity index (χ0v) is 19.4. The number of carbonyl (C=O) groups is 3. The molecule has 1 aliphatic heterocycles. The first-order valence-electron chi connectivity index (χ1n) is 10.9. The Morgan fingerprint density at radius 2 is 1.60 bits per heavy atom. The van der Waals surface area contributed by atoms with Gasteiger partial charge in [-0.1, -0.05) is 30.3 Å². The van der Waals surface area contributed by atoms with E-state index in [0.29, 0.717) is 0 Å². The van der Waals surface area contributed by atoms with E-state index in [4.69, 9.17) is 14.2 Å². The van der Waals surface area contributed by atoms with E-state index in [9.17, 15) is 28.9 Å². The summed E-state index contributed by atoms with van der Waals surface area (Å²) in [6, 6.07) is 9.22. The summed E-state index contributed by atoms with van der Waals surface area (Å²) in [6.07, 6.45) is -0.600. The van der Waals surface area contributed by atoms with Gasteiger partial charge in [-0.25, -0.2) is 14.0 Å². The number of hydrogen-bond acceptors (Lipinski definition) is 9. The lowest BCUT2D eigenvalue weighted by atomic mass is 9.69. The average Bonchev–Trinajstić information content (AvgIpc) is 3.23. The highest BCUT2D eigenvalue weighted by molar-refractivity contribution is 6.07. The molecule has 11 heteroatoms. The molecule has 0 bridgehead atoms. The smallest absolute Gasteiger partial charge is 0.338 e. The van der Waals surface area contributed by atoms with Gasteiger partial charge in [0.05, 0.1) is 31.3 Å². The van der Waals surface area contributed by atoms with Crippen LogP contribution in [0.1, 0.15) is 37.4 Å². The SMILES string of the molecule is CCOC(=O)C1(C(=O)OCC)C[C@](C(=O)OC)(c2ccccc2[N+](=O)[O-])[C@@H](c2ccc(F)cc2)N1. The Balaban J connectivity index is 2.40. The molecule has 0 amide bonds. The van der Waals surface area contributed by atoms with E-state index < -0.39 is 57.8 Å². The number of esters is 3. The molecule has 1 N–H and O–H groups in total. The van der Waals surface area contributed by atoms with Crippen molar-refractivity contribution in [3.05, 3.63) is 75.6 Å². The Labute approximate surface area is 200 Å². The van der Waals surface area contributed by atoms with Crippen LogP contribution in [0.5, 0.6) is 0 Å². The number of halogens is 1. The summed E-state index contributed by atoms with van der Waals surface area (Å²) in [4.78, 5) is 51.3. The number of rotatable bonds is 8. The van der Waals surface area contributed by atoms with Crippen LogP contribution >= 0.6 is 0 Å². The highest BCUT2D eigenvalue weighted by atomic mass is 19.1. The topological polar surface area (TPSA) is 134 Å². The van der Waals surface area contributed by atoms with E-state index in [0.717, 1.165) is 19.2 Å². The first-order valence-corrected chi connectivity index (χ1v) is 10.9. The predicted octanol–water partition coefficient (Wildman–Crippen LogP) is 2.74. The summed E-state index contributed by atoms with van der Waals surface area (Å²) in [5.41, 5.74) is -4.39. The number of nitro benzene ring substituents is 1. The van der Waals surface area contributed by atoms with Crippen molar-refractivity contribution in [2.45, 2.75) is 37.3 Å². The molecule has 1 fully saturated rings. The zero-order valence-electron chi connectivity index (χ0n) is 19.4. The summed E-state index contributed by atoms with van der Waals surface area (Å²) in [5, 5.41) is 14.8. The predicted molar refractivity (Wildman–Crippen MR) is 120 cm³/mol. The third-order valence-corrected chi connectivity index (χ3v) is 6.01. The minimum atomic E-state index is -2.21. The second-order valence-corrected chi connectivity index (χ2v) is 7.89. The molecule has 186 valence electrons. The number of methoxy groups -OCH3 is 1. The van der Waals surface area contributed by atoms with Gasteiger partial charge in [-0.3, -0.25) is 20.2 Å². The van der Waals surface area contributed by atoms with Crippen LogP contribution in [-0.2, 0) is 34.0 Å². The minimum Gasteiger partial charge on any atom is -0.468 e. The number of para-hydroxylation sites is 1. The lowest BCUT2D eigenvalue weighted by Gasteiger charge is -2.32. The summed E-state index contributed by atoms with van der Waals surface area (Å²) >= 11 is 0. The molecule has 1 aliphatic rings. The molecular weight excluding hydrogens is 463 g/mol. The van der Waals surface area contributed by atoms with Crippen molar-refractivity contribution in [1.29, 1.82) is 0 Å². The Morgan fingerprint density at radius 1 is 1.03 bits per heavy atom. The van der Waals surface area contributed by atoms with Crippen molar-refractivity contribution in [3.8, 4) is 0 Å². The van der Waals surface area contributed by atoms with E-state index in [2.05, 4.69) is 5.32 Å². The van der Waals surface area contributed by atoms with Crippen LogP contribution in [0, 0.1) is 15.9 Å². The lowest BCUT2D eigenvalue weighted by molar-refractivity contribution is -0.386. The monoisotopic (exact) mass is 488 g/mol. The molecule has 0 spiro atoms. The highest BCUT2D eigenvalue weighted by Gasteiger charge is 2.69. The van der Waals surface area contributed by atoms with Gasteiger partial charge in [0.1, 0.15) is 11.2 Å². The van der Waals surface area contributed by atoms with Crippen molar-refractivity contribution < 1.29 is 37.9 Å². The van der Waals surface area contributed by atoms with Crippen molar-refractivity contribution >= 4 is 23.6 Å². The van der Waals surface area contributed by atoms with Crippen LogP contribution in [0.2, 0.25) is 0 Å². The normalized spacial score (nSPS) is 20.6. The first-order chi connectivity index (χ1) is 16.7. The Bertz CT molecular complexity index is 1120. The van der Waals surface area contributed by atoms with Gasteiger partial charge < -0.3 is 14.2 Å². The van der Waals surface area contributed by atoms with Crippen molar-refractivity contribution in [1.82, 2.24) is 5.32 Å². The number of nitro groups is 1. The standard InChI is InChI=1S/C24H25FN2O8/c1-4-34-21(29)24(22(30)35-5-2)14-23(20(28)33-3,17-8-6-7-9-18(17)27(31)32)19(26-24)15-10-12-16(25)13-11-15/h6-13,19,26H,4-5,14H2,1-3H3/t19-,23+/m1/s1. The molecule has 1 saturated heterocycles. The van der Waals surface area contributed by atoms with Crippen LogP contribution in [0.25, 0.3) is 0 Å². The van der Waals surface area contributed by atoms with Crippen LogP contribution in [0.4, 0.5) is 10.1 Å². The van der Waals surface area contributed by atoms with Crippen LogP contribution in [-0.4, -0.2) is 48.7 Å². The average molecular weight is 488 g/mol. The van der Waals surface area contributed by atoms with Gasteiger partial charge in [0.25, 0.3) is 5.69 Å². The molecule has 0 radical (unpaired) electrons. The van der Waals surface area contributed by atoms with Gasteiger partial charge in [-0.2, -0.15) is 0 Å².